The van der Waals surface area contributed by atoms with E-state index in [1.54, 1.807) is 12.1 Å². The van der Waals surface area contributed by atoms with Crippen LogP contribution in [0.4, 0.5) is 10.1 Å². The quantitative estimate of drug-likeness (QED) is 0.900. The Hall–Kier alpha value is -1.09. The summed E-state index contributed by atoms with van der Waals surface area (Å²) >= 11 is 0. The SMILES string of the molecule is CC(C)(C)CNC1CCCN(c2cccc(F)c2)C1. The second-order valence-electron chi connectivity index (χ2n) is 6.71. The molecule has 1 aromatic carbocycles. The number of anilines is 1. The lowest BCUT2D eigenvalue weighted by molar-refractivity contribution is 0.328. The van der Waals surface area contributed by atoms with Gasteiger partial charge in [-0.2, -0.15) is 0 Å². The van der Waals surface area contributed by atoms with Gasteiger partial charge in [-0.1, -0.05) is 26.8 Å². The van der Waals surface area contributed by atoms with E-state index in [0.29, 0.717) is 11.5 Å². The largest absolute Gasteiger partial charge is 0.370 e. The molecule has 3 heteroatoms. The maximum absolute atomic E-state index is 13.3. The Morgan fingerprint density at radius 2 is 2.16 bits per heavy atom. The second kappa shape index (κ2) is 5.91. The van der Waals surface area contributed by atoms with Gasteiger partial charge in [0.15, 0.2) is 0 Å². The highest BCUT2D eigenvalue weighted by Gasteiger charge is 2.21. The summed E-state index contributed by atoms with van der Waals surface area (Å²) in [5.74, 6) is -0.151. The van der Waals surface area contributed by atoms with E-state index in [2.05, 4.69) is 31.0 Å². The molecule has 2 nitrogen and oxygen atoms in total. The predicted molar refractivity (Wildman–Crippen MR) is 79.1 cm³/mol. The molecule has 0 aliphatic carbocycles. The summed E-state index contributed by atoms with van der Waals surface area (Å²) in [6.45, 7) is 9.75. The van der Waals surface area contributed by atoms with Gasteiger partial charge in [-0.25, -0.2) is 4.39 Å². The van der Waals surface area contributed by atoms with Gasteiger partial charge in [0, 0.05) is 31.4 Å². The minimum absolute atomic E-state index is 0.151. The summed E-state index contributed by atoms with van der Waals surface area (Å²) in [6.07, 6.45) is 2.38. The second-order valence-corrected chi connectivity index (χ2v) is 6.71. The maximum atomic E-state index is 13.3. The van der Waals surface area contributed by atoms with E-state index in [4.69, 9.17) is 0 Å². The predicted octanol–water partition coefficient (Wildman–Crippen LogP) is 3.43. The van der Waals surface area contributed by atoms with Crippen molar-refractivity contribution in [1.82, 2.24) is 5.32 Å². The van der Waals surface area contributed by atoms with Crippen LogP contribution in [0.1, 0.15) is 33.6 Å². The van der Waals surface area contributed by atoms with Gasteiger partial charge in [0.05, 0.1) is 0 Å². The van der Waals surface area contributed by atoms with E-state index < -0.39 is 0 Å². The summed E-state index contributed by atoms with van der Waals surface area (Å²) in [6, 6.07) is 7.43. The van der Waals surface area contributed by atoms with Crippen molar-refractivity contribution in [1.29, 1.82) is 0 Å². The van der Waals surface area contributed by atoms with Crippen molar-refractivity contribution in [2.75, 3.05) is 24.5 Å². The molecule has 0 aromatic heterocycles. The van der Waals surface area contributed by atoms with Crippen LogP contribution in [0.3, 0.4) is 0 Å². The normalized spacial score (nSPS) is 20.6. The number of hydrogen-bond donors (Lipinski definition) is 1. The first kappa shape index (κ1) is 14.3. The fourth-order valence-electron chi connectivity index (χ4n) is 2.50. The molecule has 0 radical (unpaired) electrons. The molecule has 1 aromatic rings. The van der Waals surface area contributed by atoms with Crippen LogP contribution in [0.2, 0.25) is 0 Å². The third-order valence-corrected chi connectivity index (χ3v) is 3.52. The van der Waals surface area contributed by atoms with Crippen LogP contribution in [0.5, 0.6) is 0 Å². The van der Waals surface area contributed by atoms with E-state index in [1.807, 2.05) is 6.07 Å². The molecule has 0 spiro atoms. The fraction of sp³-hybridized carbons (Fsp3) is 0.625. The first-order chi connectivity index (χ1) is 8.94. The van der Waals surface area contributed by atoms with Crippen LogP contribution in [0, 0.1) is 11.2 Å². The average molecular weight is 264 g/mol. The lowest BCUT2D eigenvalue weighted by Crippen LogP contribution is -2.47. The Morgan fingerprint density at radius 1 is 1.37 bits per heavy atom. The van der Waals surface area contributed by atoms with E-state index in [0.717, 1.165) is 25.3 Å². The first-order valence-electron chi connectivity index (χ1n) is 7.18. The van der Waals surface area contributed by atoms with Crippen LogP contribution in [0.15, 0.2) is 24.3 Å². The van der Waals surface area contributed by atoms with Gasteiger partial charge in [-0.05, 0) is 36.5 Å². The lowest BCUT2D eigenvalue weighted by Gasteiger charge is -2.36. The minimum Gasteiger partial charge on any atom is -0.370 e. The molecule has 106 valence electrons. The van der Waals surface area contributed by atoms with Gasteiger partial charge in [0.2, 0.25) is 0 Å². The molecule has 0 saturated carbocycles. The zero-order chi connectivity index (χ0) is 13.9. The Kier molecular flexibility index (Phi) is 4.46. The van der Waals surface area contributed by atoms with Crippen molar-refractivity contribution in [3.63, 3.8) is 0 Å². The van der Waals surface area contributed by atoms with Crippen molar-refractivity contribution in [3.05, 3.63) is 30.1 Å². The number of hydrogen-bond acceptors (Lipinski definition) is 2. The highest BCUT2D eigenvalue weighted by atomic mass is 19.1. The Morgan fingerprint density at radius 3 is 2.84 bits per heavy atom. The van der Waals surface area contributed by atoms with Gasteiger partial charge in [-0.3, -0.25) is 0 Å². The lowest BCUT2D eigenvalue weighted by atomic mass is 9.95. The monoisotopic (exact) mass is 264 g/mol. The zero-order valence-electron chi connectivity index (χ0n) is 12.2. The highest BCUT2D eigenvalue weighted by molar-refractivity contribution is 5.47. The first-order valence-corrected chi connectivity index (χ1v) is 7.18. The van der Waals surface area contributed by atoms with Gasteiger partial charge < -0.3 is 10.2 Å². The van der Waals surface area contributed by atoms with E-state index >= 15 is 0 Å². The van der Waals surface area contributed by atoms with Gasteiger partial charge in [0.1, 0.15) is 5.82 Å². The van der Waals surface area contributed by atoms with Crippen LogP contribution in [-0.4, -0.2) is 25.7 Å². The van der Waals surface area contributed by atoms with Crippen molar-refractivity contribution in [2.45, 2.75) is 39.7 Å². The molecular weight excluding hydrogens is 239 g/mol. The molecule has 1 saturated heterocycles. The molecule has 1 aliphatic heterocycles. The molecule has 0 bridgehead atoms. The maximum Gasteiger partial charge on any atom is 0.125 e. The van der Waals surface area contributed by atoms with Crippen molar-refractivity contribution >= 4 is 5.69 Å². The standard InChI is InChI=1S/C16H25FN2/c1-16(2,3)12-18-14-7-5-9-19(11-14)15-8-4-6-13(17)10-15/h4,6,8,10,14,18H,5,7,9,11-12H2,1-3H3. The third kappa shape index (κ3) is 4.50. The van der Waals surface area contributed by atoms with Crippen LogP contribution < -0.4 is 10.2 Å². The highest BCUT2D eigenvalue weighted by Crippen LogP contribution is 2.21. The van der Waals surface area contributed by atoms with Crippen LogP contribution >= 0.6 is 0 Å². The number of nitrogens with zero attached hydrogens (tertiary/aromatic N) is 1. The van der Waals surface area contributed by atoms with E-state index in [1.165, 1.54) is 18.9 Å². The summed E-state index contributed by atoms with van der Waals surface area (Å²) in [7, 11) is 0. The summed E-state index contributed by atoms with van der Waals surface area (Å²) in [5, 5.41) is 3.64. The van der Waals surface area contributed by atoms with E-state index in [-0.39, 0.29) is 5.82 Å². The Labute approximate surface area is 116 Å². The fourth-order valence-corrected chi connectivity index (χ4v) is 2.50. The third-order valence-electron chi connectivity index (χ3n) is 3.52. The average Bonchev–Trinajstić information content (AvgIpc) is 2.36. The number of nitrogens with one attached hydrogen (secondary N) is 1. The van der Waals surface area contributed by atoms with Crippen LogP contribution in [0.25, 0.3) is 0 Å². The molecule has 1 atom stereocenters. The molecule has 19 heavy (non-hydrogen) atoms. The number of rotatable bonds is 3. The number of benzene rings is 1. The minimum atomic E-state index is -0.151. The zero-order valence-corrected chi connectivity index (χ0v) is 12.2. The Balaban J connectivity index is 1.94. The van der Waals surface area contributed by atoms with Gasteiger partial charge >= 0.3 is 0 Å². The number of halogens is 1. The van der Waals surface area contributed by atoms with Crippen LogP contribution in [-0.2, 0) is 0 Å². The molecule has 1 unspecified atom stereocenters. The van der Waals surface area contributed by atoms with Crippen molar-refractivity contribution in [2.24, 2.45) is 5.41 Å². The Bertz CT molecular complexity index is 411. The topological polar surface area (TPSA) is 15.3 Å². The van der Waals surface area contributed by atoms with Crippen molar-refractivity contribution in [3.8, 4) is 0 Å². The molecule has 1 aliphatic rings. The molecule has 1 fully saturated rings. The smallest absolute Gasteiger partial charge is 0.125 e. The molecular formula is C16H25FN2. The summed E-state index contributed by atoms with van der Waals surface area (Å²) < 4.78 is 13.3. The molecule has 2 rings (SSSR count). The van der Waals surface area contributed by atoms with Gasteiger partial charge in [-0.15, -0.1) is 0 Å². The summed E-state index contributed by atoms with van der Waals surface area (Å²) in [4.78, 5) is 2.28. The number of piperidine rings is 1. The van der Waals surface area contributed by atoms with Gasteiger partial charge in [0.25, 0.3) is 0 Å². The molecule has 1 heterocycles. The molecule has 1 N–H and O–H groups in total. The van der Waals surface area contributed by atoms with E-state index in [9.17, 15) is 4.39 Å². The summed E-state index contributed by atoms with van der Waals surface area (Å²) in [5.41, 5.74) is 1.31. The molecule has 0 amide bonds. The van der Waals surface area contributed by atoms with Crippen molar-refractivity contribution < 1.29 is 4.39 Å².